The fraction of sp³-hybridized carbons (Fsp3) is 0.979. The Labute approximate surface area is 344 Å². The van der Waals surface area contributed by atoms with Gasteiger partial charge in [-0.15, -0.1) is 0 Å². The molecule has 9 heteroatoms. The van der Waals surface area contributed by atoms with Gasteiger partial charge in [0.25, 0.3) is 0 Å². The molecule has 0 bridgehead atoms. The molecule has 4 N–H and O–H groups in total. The van der Waals surface area contributed by atoms with Gasteiger partial charge in [-0.2, -0.15) is 0 Å². The molecule has 6 atom stereocenters. The van der Waals surface area contributed by atoms with Crippen molar-refractivity contribution in [3.63, 3.8) is 0 Å². The molecule has 0 aromatic carbocycles. The van der Waals surface area contributed by atoms with Crippen molar-refractivity contribution >= 4 is 5.97 Å². The summed E-state index contributed by atoms with van der Waals surface area (Å²) in [5.41, 5.74) is 0. The third kappa shape index (κ3) is 30.3. The van der Waals surface area contributed by atoms with Crippen molar-refractivity contribution in [1.29, 1.82) is 0 Å². The van der Waals surface area contributed by atoms with Crippen LogP contribution in [0.2, 0.25) is 0 Å². The summed E-state index contributed by atoms with van der Waals surface area (Å²) in [7, 11) is 0. The molecule has 0 spiro atoms. The van der Waals surface area contributed by atoms with Gasteiger partial charge in [-0.25, -0.2) is 0 Å². The van der Waals surface area contributed by atoms with Gasteiger partial charge in [0, 0.05) is 13.0 Å². The second-order valence-corrected chi connectivity index (χ2v) is 16.9. The molecule has 1 aliphatic heterocycles. The van der Waals surface area contributed by atoms with Gasteiger partial charge < -0.3 is 39.4 Å². The first-order chi connectivity index (χ1) is 27.4. The number of aliphatic hydroxyl groups excluding tert-OH is 4. The van der Waals surface area contributed by atoms with Gasteiger partial charge in [-0.05, 0) is 12.8 Å². The molecule has 334 valence electrons. The molecule has 1 heterocycles. The predicted octanol–water partition coefficient (Wildman–Crippen LogP) is 11.0. The number of ether oxygens (including phenoxy) is 4. The summed E-state index contributed by atoms with van der Waals surface area (Å²) in [5, 5.41) is 40.0. The molecule has 0 amide bonds. The van der Waals surface area contributed by atoms with Crippen LogP contribution in [-0.2, 0) is 23.7 Å². The highest BCUT2D eigenvalue weighted by atomic mass is 16.7. The maximum absolute atomic E-state index is 12.6. The van der Waals surface area contributed by atoms with E-state index in [1.807, 2.05) is 0 Å². The van der Waals surface area contributed by atoms with Gasteiger partial charge in [0.15, 0.2) is 6.29 Å². The number of aliphatic hydroxyl groups is 4. The van der Waals surface area contributed by atoms with E-state index in [1.54, 1.807) is 0 Å². The average molecular weight is 801 g/mol. The number of carbonyl (C=O) groups is 1. The van der Waals surface area contributed by atoms with Crippen molar-refractivity contribution in [2.75, 3.05) is 26.4 Å². The first-order valence-corrected chi connectivity index (χ1v) is 24.1. The monoisotopic (exact) mass is 801 g/mol. The molecule has 1 aliphatic rings. The zero-order valence-electron chi connectivity index (χ0n) is 36.7. The summed E-state index contributed by atoms with van der Waals surface area (Å²) < 4.78 is 22.7. The summed E-state index contributed by atoms with van der Waals surface area (Å²) in [6.45, 7) is 4.56. The van der Waals surface area contributed by atoms with E-state index in [9.17, 15) is 25.2 Å². The average Bonchev–Trinajstić information content (AvgIpc) is 3.20. The van der Waals surface area contributed by atoms with Crippen molar-refractivity contribution < 1.29 is 44.2 Å². The Kier molecular flexibility index (Phi) is 37.7. The third-order valence-electron chi connectivity index (χ3n) is 11.5. The van der Waals surface area contributed by atoms with Gasteiger partial charge >= 0.3 is 5.97 Å². The lowest BCUT2D eigenvalue weighted by Crippen LogP contribution is -2.59. The first-order valence-electron chi connectivity index (χ1n) is 24.1. The number of unbranched alkanes of at least 4 members (excludes halogenated alkanes) is 31. The lowest BCUT2D eigenvalue weighted by atomic mass is 9.99. The topological polar surface area (TPSA) is 135 Å². The van der Waals surface area contributed by atoms with E-state index >= 15 is 0 Å². The minimum absolute atomic E-state index is 0.106. The fourth-order valence-electron chi connectivity index (χ4n) is 7.73. The summed E-state index contributed by atoms with van der Waals surface area (Å²) in [4.78, 5) is 12.6. The second-order valence-electron chi connectivity index (χ2n) is 16.9. The Morgan fingerprint density at radius 3 is 1.27 bits per heavy atom. The molecule has 6 unspecified atom stereocenters. The quantitative estimate of drug-likeness (QED) is 0.0351. The Morgan fingerprint density at radius 2 is 0.875 bits per heavy atom. The van der Waals surface area contributed by atoms with Crippen LogP contribution in [0.25, 0.3) is 0 Å². The SMILES string of the molecule is CCCCCCCCCCCCCCCCCCCCCCCCCCCCOCC(COC1OC(CO)C(O)C(O)C1O)OC(=O)CCCCCCCCC. The van der Waals surface area contributed by atoms with E-state index in [2.05, 4.69) is 13.8 Å². The maximum Gasteiger partial charge on any atom is 0.306 e. The second kappa shape index (κ2) is 39.6. The van der Waals surface area contributed by atoms with Crippen LogP contribution in [0.5, 0.6) is 0 Å². The highest BCUT2D eigenvalue weighted by Gasteiger charge is 2.44. The van der Waals surface area contributed by atoms with Crippen LogP contribution in [0, 0.1) is 0 Å². The molecule has 0 saturated carbocycles. The lowest BCUT2D eigenvalue weighted by molar-refractivity contribution is -0.305. The highest BCUT2D eigenvalue weighted by Crippen LogP contribution is 2.23. The van der Waals surface area contributed by atoms with Crippen LogP contribution in [0.3, 0.4) is 0 Å². The van der Waals surface area contributed by atoms with E-state index in [1.165, 1.54) is 180 Å². The van der Waals surface area contributed by atoms with E-state index < -0.39 is 43.4 Å². The Morgan fingerprint density at radius 1 is 0.500 bits per heavy atom. The predicted molar refractivity (Wildman–Crippen MR) is 229 cm³/mol. The molecule has 0 radical (unpaired) electrons. The van der Waals surface area contributed by atoms with E-state index in [-0.39, 0.29) is 19.2 Å². The number of carbonyl (C=O) groups excluding carboxylic acids is 1. The molecule has 1 fully saturated rings. The number of esters is 1. The van der Waals surface area contributed by atoms with Crippen molar-refractivity contribution in [2.24, 2.45) is 0 Å². The summed E-state index contributed by atoms with van der Waals surface area (Å²) in [6, 6.07) is 0. The summed E-state index contributed by atoms with van der Waals surface area (Å²) >= 11 is 0. The van der Waals surface area contributed by atoms with Gasteiger partial charge in [0.2, 0.25) is 0 Å². The zero-order valence-corrected chi connectivity index (χ0v) is 36.7. The van der Waals surface area contributed by atoms with Crippen molar-refractivity contribution in [2.45, 2.75) is 269 Å². The Bertz CT molecular complexity index is 827. The zero-order chi connectivity index (χ0) is 40.7. The van der Waals surface area contributed by atoms with Crippen molar-refractivity contribution in [1.82, 2.24) is 0 Å². The largest absolute Gasteiger partial charge is 0.457 e. The molecule has 0 aromatic rings. The Hall–Kier alpha value is -0.810. The molecular weight excluding hydrogens is 709 g/mol. The minimum Gasteiger partial charge on any atom is -0.457 e. The maximum atomic E-state index is 12.6. The summed E-state index contributed by atoms with van der Waals surface area (Å²) in [5.74, 6) is -0.315. The molecule has 0 aliphatic carbocycles. The van der Waals surface area contributed by atoms with Gasteiger partial charge in [0.1, 0.15) is 30.5 Å². The lowest BCUT2D eigenvalue weighted by Gasteiger charge is -2.39. The number of hydrogen-bond donors (Lipinski definition) is 4. The van der Waals surface area contributed by atoms with Crippen LogP contribution >= 0.6 is 0 Å². The molecule has 1 saturated heterocycles. The van der Waals surface area contributed by atoms with Gasteiger partial charge in [-0.3, -0.25) is 4.79 Å². The van der Waals surface area contributed by atoms with E-state index in [0.29, 0.717) is 13.0 Å². The highest BCUT2D eigenvalue weighted by molar-refractivity contribution is 5.69. The smallest absolute Gasteiger partial charge is 0.306 e. The molecular formula is C47H92O9. The van der Waals surface area contributed by atoms with Crippen LogP contribution in [0.15, 0.2) is 0 Å². The Balaban J connectivity index is 2.06. The molecule has 9 nitrogen and oxygen atoms in total. The summed E-state index contributed by atoms with van der Waals surface area (Å²) in [6.07, 6.45) is 36.1. The van der Waals surface area contributed by atoms with Crippen LogP contribution in [0.1, 0.15) is 232 Å². The van der Waals surface area contributed by atoms with Crippen molar-refractivity contribution in [3.8, 4) is 0 Å². The van der Waals surface area contributed by atoms with Crippen LogP contribution in [0.4, 0.5) is 0 Å². The molecule has 56 heavy (non-hydrogen) atoms. The fourth-order valence-corrected chi connectivity index (χ4v) is 7.73. The molecule has 1 rings (SSSR count). The standard InChI is InChI=1S/C47H92O9/c1-3-5-7-9-11-12-13-14-15-16-17-18-19-20-21-22-23-24-25-26-27-28-29-31-33-35-37-53-39-41(55-43(49)36-34-32-30-10-8-6-4-2)40-54-47-46(52)45(51)44(50)42(38-48)56-47/h41-42,44-48,50-52H,3-40H2,1-2H3. The van der Waals surface area contributed by atoms with E-state index in [4.69, 9.17) is 18.9 Å². The normalized spacial score (nSPS) is 20.4. The molecule has 0 aromatic heterocycles. The third-order valence-corrected chi connectivity index (χ3v) is 11.5. The number of hydrogen-bond acceptors (Lipinski definition) is 9. The first kappa shape index (κ1) is 53.2. The van der Waals surface area contributed by atoms with E-state index in [0.717, 1.165) is 32.1 Å². The van der Waals surface area contributed by atoms with Gasteiger partial charge in [-0.1, -0.05) is 213 Å². The van der Waals surface area contributed by atoms with Crippen molar-refractivity contribution in [3.05, 3.63) is 0 Å². The van der Waals surface area contributed by atoms with Crippen LogP contribution < -0.4 is 0 Å². The van der Waals surface area contributed by atoms with Gasteiger partial charge in [0.05, 0.1) is 19.8 Å². The number of rotatable bonds is 42. The van der Waals surface area contributed by atoms with Crippen LogP contribution in [-0.4, -0.2) is 89.6 Å². The minimum atomic E-state index is -1.53.